The minimum atomic E-state index is -0.365. The highest BCUT2D eigenvalue weighted by Crippen LogP contribution is 2.35. The Morgan fingerprint density at radius 3 is 3.19 bits per heavy atom. The molecule has 1 atom stereocenters. The predicted molar refractivity (Wildman–Crippen MR) is 82.9 cm³/mol. The van der Waals surface area contributed by atoms with E-state index in [1.165, 1.54) is 12.7 Å². The molecule has 0 spiro atoms. The third-order valence-corrected chi connectivity index (χ3v) is 4.78. The largest absolute Gasteiger partial charge is 0.356 e. The standard InChI is InChI=1S/C13H17N5O2S/c1-14-6-9-3-2-4-17(7-9)12-10-5-11(18(19)20)21-13(10)16-8-15-12/h5,8-9,14H,2-4,6-7H2,1H3. The van der Waals surface area contributed by atoms with Crippen LogP contribution in [-0.4, -0.2) is 41.6 Å². The zero-order chi connectivity index (χ0) is 14.8. The van der Waals surface area contributed by atoms with Gasteiger partial charge < -0.3 is 10.2 Å². The molecule has 2 aromatic rings. The first-order chi connectivity index (χ1) is 10.2. The number of nitrogens with zero attached hydrogens (tertiary/aromatic N) is 4. The van der Waals surface area contributed by atoms with Gasteiger partial charge in [-0.2, -0.15) is 0 Å². The van der Waals surface area contributed by atoms with E-state index in [-0.39, 0.29) is 9.92 Å². The Labute approximate surface area is 126 Å². The molecular weight excluding hydrogens is 290 g/mol. The van der Waals surface area contributed by atoms with E-state index in [1.54, 1.807) is 6.07 Å². The zero-order valence-corrected chi connectivity index (χ0v) is 12.6. The van der Waals surface area contributed by atoms with E-state index in [9.17, 15) is 10.1 Å². The number of fused-ring (bicyclic) bond motifs is 1. The molecule has 1 unspecified atom stereocenters. The summed E-state index contributed by atoms with van der Waals surface area (Å²) in [5.41, 5.74) is 0. The van der Waals surface area contributed by atoms with Crippen molar-refractivity contribution in [3.8, 4) is 0 Å². The van der Waals surface area contributed by atoms with Crippen molar-refractivity contribution in [3.63, 3.8) is 0 Å². The highest BCUT2D eigenvalue weighted by Gasteiger charge is 2.24. The molecule has 1 saturated heterocycles. The first-order valence-corrected chi connectivity index (χ1v) is 7.79. The van der Waals surface area contributed by atoms with Crippen LogP contribution in [0.25, 0.3) is 10.2 Å². The van der Waals surface area contributed by atoms with Crippen LogP contribution in [0.4, 0.5) is 10.8 Å². The van der Waals surface area contributed by atoms with Crippen molar-refractivity contribution in [1.82, 2.24) is 15.3 Å². The van der Waals surface area contributed by atoms with Gasteiger partial charge in [-0.25, -0.2) is 9.97 Å². The summed E-state index contributed by atoms with van der Waals surface area (Å²) < 4.78 is 0. The van der Waals surface area contributed by atoms with Crippen molar-refractivity contribution in [2.45, 2.75) is 12.8 Å². The maximum absolute atomic E-state index is 10.9. The third-order valence-electron chi connectivity index (χ3n) is 3.79. The fourth-order valence-electron chi connectivity index (χ4n) is 2.89. The highest BCUT2D eigenvalue weighted by molar-refractivity contribution is 7.21. The van der Waals surface area contributed by atoms with Gasteiger partial charge in [0.1, 0.15) is 17.0 Å². The molecule has 1 N–H and O–H groups in total. The van der Waals surface area contributed by atoms with Gasteiger partial charge in [0.2, 0.25) is 0 Å². The average molecular weight is 307 g/mol. The Kier molecular flexibility index (Phi) is 3.98. The molecule has 1 aliphatic rings. The lowest BCUT2D eigenvalue weighted by atomic mass is 9.98. The summed E-state index contributed by atoms with van der Waals surface area (Å²) >= 11 is 1.11. The molecule has 1 fully saturated rings. The summed E-state index contributed by atoms with van der Waals surface area (Å²) in [6.45, 7) is 2.85. The summed E-state index contributed by atoms with van der Waals surface area (Å²) in [5.74, 6) is 1.41. The van der Waals surface area contributed by atoms with E-state index >= 15 is 0 Å². The number of anilines is 1. The van der Waals surface area contributed by atoms with Crippen LogP contribution in [-0.2, 0) is 0 Å². The molecule has 0 aliphatic carbocycles. The topological polar surface area (TPSA) is 84.2 Å². The summed E-state index contributed by atoms with van der Waals surface area (Å²) in [4.78, 5) is 22.0. The van der Waals surface area contributed by atoms with Crippen molar-refractivity contribution >= 4 is 32.4 Å². The van der Waals surface area contributed by atoms with Crippen molar-refractivity contribution in [2.75, 3.05) is 31.6 Å². The van der Waals surface area contributed by atoms with Crippen LogP contribution in [0, 0.1) is 16.0 Å². The summed E-state index contributed by atoms with van der Waals surface area (Å²) in [6, 6.07) is 1.59. The molecule has 7 nitrogen and oxygen atoms in total. The Balaban J connectivity index is 1.94. The van der Waals surface area contributed by atoms with Gasteiger partial charge in [0, 0.05) is 19.2 Å². The maximum Gasteiger partial charge on any atom is 0.326 e. The van der Waals surface area contributed by atoms with E-state index in [0.717, 1.165) is 48.6 Å². The second-order valence-corrected chi connectivity index (χ2v) is 6.28. The molecule has 21 heavy (non-hydrogen) atoms. The highest BCUT2D eigenvalue weighted by atomic mass is 32.1. The van der Waals surface area contributed by atoms with E-state index in [1.807, 2.05) is 7.05 Å². The molecule has 0 saturated carbocycles. The molecule has 1 aliphatic heterocycles. The number of piperidine rings is 1. The molecule has 3 rings (SSSR count). The molecule has 0 bridgehead atoms. The third kappa shape index (κ3) is 2.81. The van der Waals surface area contributed by atoms with Crippen LogP contribution in [0.3, 0.4) is 0 Å². The van der Waals surface area contributed by atoms with Crippen LogP contribution >= 0.6 is 11.3 Å². The Hall–Kier alpha value is -1.80. The normalized spacial score (nSPS) is 19.1. The molecule has 2 aromatic heterocycles. The lowest BCUT2D eigenvalue weighted by Gasteiger charge is -2.33. The molecule has 0 aromatic carbocycles. The Morgan fingerprint density at radius 2 is 2.43 bits per heavy atom. The van der Waals surface area contributed by atoms with E-state index in [4.69, 9.17) is 0 Å². The summed E-state index contributed by atoms with van der Waals surface area (Å²) in [5, 5.41) is 15.1. The predicted octanol–water partition coefficient (Wildman–Crippen LogP) is 2.04. The van der Waals surface area contributed by atoms with Crippen LogP contribution in [0.5, 0.6) is 0 Å². The van der Waals surface area contributed by atoms with Gasteiger partial charge in [0.15, 0.2) is 0 Å². The molecule has 112 valence electrons. The first kappa shape index (κ1) is 14.2. The van der Waals surface area contributed by atoms with Crippen LogP contribution < -0.4 is 10.2 Å². The SMILES string of the molecule is CNCC1CCCN(c2ncnc3sc([N+](=O)[O-])cc23)C1. The lowest BCUT2D eigenvalue weighted by Crippen LogP contribution is -2.39. The second kappa shape index (κ2) is 5.90. The molecule has 0 amide bonds. The number of thiophene rings is 1. The average Bonchev–Trinajstić information content (AvgIpc) is 2.92. The first-order valence-electron chi connectivity index (χ1n) is 6.97. The number of hydrogen-bond acceptors (Lipinski definition) is 7. The molecule has 8 heteroatoms. The quantitative estimate of drug-likeness (QED) is 0.687. The van der Waals surface area contributed by atoms with Crippen molar-refractivity contribution in [2.24, 2.45) is 5.92 Å². The van der Waals surface area contributed by atoms with E-state index in [0.29, 0.717) is 10.7 Å². The maximum atomic E-state index is 10.9. The van der Waals surface area contributed by atoms with Gasteiger partial charge in [-0.1, -0.05) is 0 Å². The number of rotatable bonds is 4. The number of nitro groups is 1. The van der Waals surface area contributed by atoms with Crippen LogP contribution in [0.2, 0.25) is 0 Å². The number of aromatic nitrogens is 2. The number of hydrogen-bond donors (Lipinski definition) is 1. The smallest absolute Gasteiger partial charge is 0.326 e. The summed E-state index contributed by atoms with van der Waals surface area (Å²) in [6.07, 6.45) is 3.82. The van der Waals surface area contributed by atoms with Crippen molar-refractivity contribution < 1.29 is 4.92 Å². The Bertz CT molecular complexity index is 657. The van der Waals surface area contributed by atoms with E-state index < -0.39 is 0 Å². The minimum absolute atomic E-state index is 0.121. The molecule has 0 radical (unpaired) electrons. The van der Waals surface area contributed by atoms with Gasteiger partial charge in [-0.3, -0.25) is 10.1 Å². The number of nitrogens with one attached hydrogen (secondary N) is 1. The van der Waals surface area contributed by atoms with Crippen molar-refractivity contribution in [3.05, 3.63) is 22.5 Å². The van der Waals surface area contributed by atoms with Crippen molar-refractivity contribution in [1.29, 1.82) is 0 Å². The van der Waals surface area contributed by atoms with Gasteiger partial charge >= 0.3 is 5.00 Å². The summed E-state index contributed by atoms with van der Waals surface area (Å²) in [7, 11) is 1.96. The zero-order valence-electron chi connectivity index (χ0n) is 11.8. The van der Waals surface area contributed by atoms with Gasteiger partial charge in [0.25, 0.3) is 0 Å². The lowest BCUT2D eigenvalue weighted by molar-refractivity contribution is -0.380. The Morgan fingerprint density at radius 1 is 1.57 bits per heavy atom. The second-order valence-electron chi connectivity index (χ2n) is 5.27. The van der Waals surface area contributed by atoms with Gasteiger partial charge in [-0.05, 0) is 43.7 Å². The van der Waals surface area contributed by atoms with Gasteiger partial charge in [0.05, 0.1) is 10.3 Å². The van der Waals surface area contributed by atoms with Gasteiger partial charge in [-0.15, -0.1) is 0 Å². The fourth-order valence-corrected chi connectivity index (χ4v) is 3.69. The van der Waals surface area contributed by atoms with Crippen LogP contribution in [0.1, 0.15) is 12.8 Å². The fraction of sp³-hybridized carbons (Fsp3) is 0.538. The molecule has 3 heterocycles. The monoisotopic (exact) mass is 307 g/mol. The minimum Gasteiger partial charge on any atom is -0.356 e. The molecular formula is C13H17N5O2S. The van der Waals surface area contributed by atoms with Crippen LogP contribution in [0.15, 0.2) is 12.4 Å². The van der Waals surface area contributed by atoms with E-state index in [2.05, 4.69) is 20.2 Å².